The van der Waals surface area contributed by atoms with Crippen molar-refractivity contribution in [1.82, 2.24) is 5.32 Å². The van der Waals surface area contributed by atoms with E-state index in [1.165, 1.54) is 0 Å². The van der Waals surface area contributed by atoms with Crippen molar-refractivity contribution < 1.29 is 9.53 Å². The molecule has 2 aromatic carbocycles. The highest BCUT2D eigenvalue weighted by Crippen LogP contribution is 2.20. The molecule has 1 aliphatic heterocycles. The third-order valence-corrected chi connectivity index (χ3v) is 4.21. The molecule has 0 bridgehead atoms. The van der Waals surface area contributed by atoms with E-state index in [2.05, 4.69) is 5.32 Å². The number of nitrogens with zero attached hydrogens (tertiary/aromatic N) is 1. The van der Waals surface area contributed by atoms with Crippen LogP contribution in [0.5, 0.6) is 0 Å². The molecular formula is C21H20N2O2. The molecule has 1 saturated heterocycles. The molecule has 0 unspecified atom stereocenters. The van der Waals surface area contributed by atoms with Crippen LogP contribution in [0.4, 0.5) is 0 Å². The molecular weight excluding hydrogens is 312 g/mol. The SMILES string of the molecule is N#C/C(=C\c1ccc(-c2ccccc2)cc1)C(=O)NC[C@@H]1CCCO1. The van der Waals surface area contributed by atoms with Gasteiger partial charge in [0.05, 0.1) is 6.10 Å². The molecule has 3 rings (SSSR count). The predicted molar refractivity (Wildman–Crippen MR) is 97.5 cm³/mol. The van der Waals surface area contributed by atoms with Crippen LogP contribution in [0.25, 0.3) is 17.2 Å². The Hall–Kier alpha value is -2.90. The second-order valence-electron chi connectivity index (χ2n) is 6.00. The molecule has 0 aliphatic carbocycles. The lowest BCUT2D eigenvalue weighted by molar-refractivity contribution is -0.117. The summed E-state index contributed by atoms with van der Waals surface area (Å²) in [5.74, 6) is -0.356. The van der Waals surface area contributed by atoms with Gasteiger partial charge in [0.1, 0.15) is 11.6 Å². The number of hydrogen-bond donors (Lipinski definition) is 1. The van der Waals surface area contributed by atoms with E-state index in [0.717, 1.165) is 36.1 Å². The molecule has 0 radical (unpaired) electrons. The maximum Gasteiger partial charge on any atom is 0.262 e. The first-order valence-electron chi connectivity index (χ1n) is 8.43. The van der Waals surface area contributed by atoms with Crippen LogP contribution in [-0.2, 0) is 9.53 Å². The number of hydrogen-bond acceptors (Lipinski definition) is 3. The fourth-order valence-corrected chi connectivity index (χ4v) is 2.82. The molecule has 4 nitrogen and oxygen atoms in total. The molecule has 0 aromatic heterocycles. The zero-order chi connectivity index (χ0) is 17.5. The standard InChI is InChI=1S/C21H20N2O2/c22-14-19(21(24)23-15-20-7-4-12-25-20)13-16-8-10-18(11-9-16)17-5-2-1-3-6-17/h1-3,5-6,8-11,13,20H,4,7,12,15H2,(H,23,24)/b19-13+/t20-/m0/s1. The van der Waals surface area contributed by atoms with Gasteiger partial charge in [0.2, 0.25) is 0 Å². The maximum absolute atomic E-state index is 12.2. The van der Waals surface area contributed by atoms with Crippen LogP contribution in [0.15, 0.2) is 60.2 Å². The van der Waals surface area contributed by atoms with Gasteiger partial charge in [-0.05, 0) is 35.6 Å². The number of carbonyl (C=O) groups is 1. The summed E-state index contributed by atoms with van der Waals surface area (Å²) in [6.45, 7) is 1.19. The van der Waals surface area contributed by atoms with Gasteiger partial charge in [-0.1, -0.05) is 54.6 Å². The molecule has 1 atom stereocenters. The average molecular weight is 332 g/mol. The minimum absolute atomic E-state index is 0.0639. The van der Waals surface area contributed by atoms with Gasteiger partial charge in [0, 0.05) is 13.2 Å². The van der Waals surface area contributed by atoms with Gasteiger partial charge in [-0.3, -0.25) is 4.79 Å². The molecule has 0 saturated carbocycles. The highest BCUT2D eigenvalue weighted by atomic mass is 16.5. The molecule has 126 valence electrons. The first kappa shape index (κ1) is 16.9. The predicted octanol–water partition coefficient (Wildman–Crippen LogP) is 3.56. The summed E-state index contributed by atoms with van der Waals surface area (Å²) in [5, 5.41) is 12.1. The third kappa shape index (κ3) is 4.56. The van der Waals surface area contributed by atoms with Crippen LogP contribution in [0.1, 0.15) is 18.4 Å². The highest BCUT2D eigenvalue weighted by Gasteiger charge is 2.17. The zero-order valence-corrected chi connectivity index (χ0v) is 13.9. The summed E-state index contributed by atoms with van der Waals surface area (Å²) in [6, 6.07) is 19.8. The number of amides is 1. The molecule has 25 heavy (non-hydrogen) atoms. The first-order valence-corrected chi connectivity index (χ1v) is 8.43. The van der Waals surface area contributed by atoms with Crippen molar-refractivity contribution in [2.24, 2.45) is 0 Å². The van der Waals surface area contributed by atoms with E-state index in [-0.39, 0.29) is 17.6 Å². The zero-order valence-electron chi connectivity index (χ0n) is 13.9. The summed E-state index contributed by atoms with van der Waals surface area (Å²) in [6.07, 6.45) is 3.65. The largest absolute Gasteiger partial charge is 0.376 e. The Bertz CT molecular complexity index is 783. The molecule has 1 heterocycles. The van der Waals surface area contributed by atoms with Gasteiger partial charge in [0.15, 0.2) is 0 Å². The fourth-order valence-electron chi connectivity index (χ4n) is 2.82. The third-order valence-electron chi connectivity index (χ3n) is 4.21. The Labute approximate surface area is 147 Å². The first-order chi connectivity index (χ1) is 12.3. The molecule has 0 spiro atoms. The number of rotatable bonds is 5. The van der Waals surface area contributed by atoms with Crippen molar-refractivity contribution in [3.63, 3.8) is 0 Å². The molecule has 2 aromatic rings. The smallest absolute Gasteiger partial charge is 0.262 e. The number of benzene rings is 2. The lowest BCUT2D eigenvalue weighted by Crippen LogP contribution is -2.32. The molecule has 4 heteroatoms. The van der Waals surface area contributed by atoms with Crippen LogP contribution < -0.4 is 5.32 Å². The molecule has 1 N–H and O–H groups in total. The highest BCUT2D eigenvalue weighted by molar-refractivity contribution is 6.01. The van der Waals surface area contributed by atoms with Crippen molar-refractivity contribution >= 4 is 12.0 Å². The van der Waals surface area contributed by atoms with Crippen LogP contribution >= 0.6 is 0 Å². The second-order valence-corrected chi connectivity index (χ2v) is 6.00. The normalized spacial score (nSPS) is 17.1. The van der Waals surface area contributed by atoms with E-state index in [1.54, 1.807) is 6.08 Å². The van der Waals surface area contributed by atoms with Gasteiger partial charge >= 0.3 is 0 Å². The monoisotopic (exact) mass is 332 g/mol. The molecule has 1 aliphatic rings. The van der Waals surface area contributed by atoms with Crippen molar-refractivity contribution in [3.8, 4) is 17.2 Å². The summed E-state index contributed by atoms with van der Waals surface area (Å²) in [4.78, 5) is 12.2. The van der Waals surface area contributed by atoms with E-state index in [4.69, 9.17) is 4.74 Å². The van der Waals surface area contributed by atoms with Crippen molar-refractivity contribution in [3.05, 3.63) is 65.7 Å². The number of ether oxygens (including phenoxy) is 1. The number of nitriles is 1. The van der Waals surface area contributed by atoms with E-state index >= 15 is 0 Å². The average Bonchev–Trinajstić information content (AvgIpc) is 3.19. The maximum atomic E-state index is 12.2. The van der Waals surface area contributed by atoms with E-state index in [1.807, 2.05) is 60.7 Å². The van der Waals surface area contributed by atoms with E-state index < -0.39 is 0 Å². The van der Waals surface area contributed by atoms with Crippen LogP contribution in [0.3, 0.4) is 0 Å². The lowest BCUT2D eigenvalue weighted by Gasteiger charge is -2.10. The summed E-state index contributed by atoms with van der Waals surface area (Å²) < 4.78 is 5.47. The van der Waals surface area contributed by atoms with Crippen molar-refractivity contribution in [1.29, 1.82) is 5.26 Å². The van der Waals surface area contributed by atoms with Crippen LogP contribution in [-0.4, -0.2) is 25.2 Å². The fraction of sp³-hybridized carbons (Fsp3) is 0.238. The summed E-state index contributed by atoms with van der Waals surface area (Å²) in [5.41, 5.74) is 3.15. The van der Waals surface area contributed by atoms with Crippen molar-refractivity contribution in [2.75, 3.05) is 13.2 Å². The minimum atomic E-state index is -0.356. The van der Waals surface area contributed by atoms with Gasteiger partial charge in [-0.25, -0.2) is 0 Å². The second kappa shape index (κ2) is 8.27. The van der Waals surface area contributed by atoms with Gasteiger partial charge < -0.3 is 10.1 Å². The molecule has 1 amide bonds. The quantitative estimate of drug-likeness (QED) is 0.673. The topological polar surface area (TPSA) is 62.1 Å². The summed E-state index contributed by atoms with van der Waals surface area (Å²) in [7, 11) is 0. The Morgan fingerprint density at radius 1 is 1.16 bits per heavy atom. The summed E-state index contributed by atoms with van der Waals surface area (Å²) >= 11 is 0. The van der Waals surface area contributed by atoms with E-state index in [0.29, 0.717) is 6.54 Å². The van der Waals surface area contributed by atoms with Gasteiger partial charge in [0.25, 0.3) is 5.91 Å². The van der Waals surface area contributed by atoms with Crippen LogP contribution in [0.2, 0.25) is 0 Å². The molecule has 1 fully saturated rings. The minimum Gasteiger partial charge on any atom is -0.376 e. The Morgan fingerprint density at radius 3 is 2.52 bits per heavy atom. The number of nitrogens with one attached hydrogen (secondary N) is 1. The van der Waals surface area contributed by atoms with Crippen molar-refractivity contribution in [2.45, 2.75) is 18.9 Å². The number of carbonyl (C=O) groups excluding carboxylic acids is 1. The Morgan fingerprint density at radius 2 is 1.88 bits per heavy atom. The lowest BCUT2D eigenvalue weighted by atomic mass is 10.0. The van der Waals surface area contributed by atoms with Gasteiger partial charge in [-0.15, -0.1) is 0 Å². The van der Waals surface area contributed by atoms with Crippen LogP contribution in [0, 0.1) is 11.3 Å². The van der Waals surface area contributed by atoms with Gasteiger partial charge in [-0.2, -0.15) is 5.26 Å². The Kier molecular flexibility index (Phi) is 5.61. The van der Waals surface area contributed by atoms with E-state index in [9.17, 15) is 10.1 Å². The Balaban J connectivity index is 1.67.